The summed E-state index contributed by atoms with van der Waals surface area (Å²) in [4.78, 5) is 16.2. The lowest BCUT2D eigenvalue weighted by atomic mass is 9.95. The molecule has 1 aromatic heterocycles. The highest BCUT2D eigenvalue weighted by Gasteiger charge is 2.19. The Balaban J connectivity index is 1.95. The number of carbonyl (C=O) groups excluding carboxylic acids is 1. The van der Waals surface area contributed by atoms with Crippen LogP contribution in [0.4, 0.5) is 5.69 Å². The first-order chi connectivity index (χ1) is 10.2. The largest absolute Gasteiger partial charge is 0.326 e. The molecule has 1 fully saturated rings. The molecule has 1 amide bonds. The van der Waals surface area contributed by atoms with Gasteiger partial charge in [0.2, 0.25) is 5.91 Å². The van der Waals surface area contributed by atoms with Gasteiger partial charge in [0.15, 0.2) is 0 Å². The SMILES string of the molecule is CCC(=O)Nc1ccc2c(c1)nc(C)n2C1CCCCC1. The summed E-state index contributed by atoms with van der Waals surface area (Å²) in [6.07, 6.45) is 6.98. The zero-order chi connectivity index (χ0) is 14.8. The number of aromatic nitrogens is 2. The summed E-state index contributed by atoms with van der Waals surface area (Å²) < 4.78 is 2.39. The zero-order valence-electron chi connectivity index (χ0n) is 12.9. The lowest BCUT2D eigenvalue weighted by Crippen LogP contribution is -2.14. The molecule has 1 N–H and O–H groups in total. The summed E-state index contributed by atoms with van der Waals surface area (Å²) in [5, 5.41) is 2.90. The summed E-state index contributed by atoms with van der Waals surface area (Å²) >= 11 is 0. The molecule has 0 spiro atoms. The molecule has 21 heavy (non-hydrogen) atoms. The van der Waals surface area contributed by atoms with Gasteiger partial charge in [-0.1, -0.05) is 26.2 Å². The van der Waals surface area contributed by atoms with Crippen LogP contribution in [0.3, 0.4) is 0 Å². The van der Waals surface area contributed by atoms with Crippen LogP contribution in [0.15, 0.2) is 18.2 Å². The van der Waals surface area contributed by atoms with Crippen molar-refractivity contribution in [1.82, 2.24) is 9.55 Å². The van der Waals surface area contributed by atoms with Crippen molar-refractivity contribution in [3.8, 4) is 0 Å². The number of amides is 1. The van der Waals surface area contributed by atoms with E-state index >= 15 is 0 Å². The van der Waals surface area contributed by atoms with Crippen molar-refractivity contribution in [2.75, 3.05) is 5.32 Å². The van der Waals surface area contributed by atoms with E-state index < -0.39 is 0 Å². The van der Waals surface area contributed by atoms with Gasteiger partial charge in [0.1, 0.15) is 5.82 Å². The van der Waals surface area contributed by atoms with Gasteiger partial charge in [-0.15, -0.1) is 0 Å². The number of aryl methyl sites for hydroxylation is 1. The normalized spacial score (nSPS) is 16.3. The predicted molar refractivity (Wildman–Crippen MR) is 85.5 cm³/mol. The average Bonchev–Trinajstić information content (AvgIpc) is 2.83. The Morgan fingerprint density at radius 3 is 2.81 bits per heavy atom. The van der Waals surface area contributed by atoms with Crippen LogP contribution in [0.25, 0.3) is 11.0 Å². The van der Waals surface area contributed by atoms with Crippen LogP contribution in [0, 0.1) is 6.92 Å². The monoisotopic (exact) mass is 285 g/mol. The first kappa shape index (κ1) is 14.1. The Bertz CT molecular complexity index is 653. The van der Waals surface area contributed by atoms with E-state index in [1.165, 1.54) is 37.6 Å². The second kappa shape index (κ2) is 5.88. The Labute approximate surface area is 125 Å². The smallest absolute Gasteiger partial charge is 0.224 e. The van der Waals surface area contributed by atoms with E-state index in [0.29, 0.717) is 12.5 Å². The van der Waals surface area contributed by atoms with Gasteiger partial charge < -0.3 is 9.88 Å². The highest BCUT2D eigenvalue weighted by Crippen LogP contribution is 2.32. The molecule has 0 unspecified atom stereocenters. The number of rotatable bonds is 3. The van der Waals surface area contributed by atoms with Crippen molar-refractivity contribution >= 4 is 22.6 Å². The molecule has 1 saturated carbocycles. The van der Waals surface area contributed by atoms with Crippen LogP contribution in [0.5, 0.6) is 0 Å². The molecule has 1 heterocycles. The Kier molecular flexibility index (Phi) is 3.95. The van der Waals surface area contributed by atoms with E-state index in [-0.39, 0.29) is 5.91 Å². The summed E-state index contributed by atoms with van der Waals surface area (Å²) in [5.41, 5.74) is 3.00. The van der Waals surface area contributed by atoms with Crippen molar-refractivity contribution in [3.63, 3.8) is 0 Å². The lowest BCUT2D eigenvalue weighted by Gasteiger charge is -2.25. The van der Waals surface area contributed by atoms with E-state index in [9.17, 15) is 4.79 Å². The number of hydrogen-bond acceptors (Lipinski definition) is 2. The van der Waals surface area contributed by atoms with E-state index in [2.05, 4.69) is 22.9 Å². The van der Waals surface area contributed by atoms with Gasteiger partial charge in [-0.05, 0) is 38.0 Å². The first-order valence-corrected chi connectivity index (χ1v) is 7.97. The van der Waals surface area contributed by atoms with Crippen LogP contribution in [0.2, 0.25) is 0 Å². The minimum absolute atomic E-state index is 0.0396. The number of hydrogen-bond donors (Lipinski definition) is 1. The molecule has 4 nitrogen and oxygen atoms in total. The minimum Gasteiger partial charge on any atom is -0.326 e. The molecule has 3 rings (SSSR count). The van der Waals surface area contributed by atoms with E-state index in [4.69, 9.17) is 4.98 Å². The third-order valence-electron chi connectivity index (χ3n) is 4.41. The number of nitrogens with one attached hydrogen (secondary N) is 1. The molecule has 112 valence electrons. The molecule has 4 heteroatoms. The second-order valence-electron chi connectivity index (χ2n) is 5.93. The number of benzene rings is 1. The molecule has 0 saturated heterocycles. The third-order valence-corrected chi connectivity index (χ3v) is 4.41. The van der Waals surface area contributed by atoms with Gasteiger partial charge in [-0.2, -0.15) is 0 Å². The fraction of sp³-hybridized carbons (Fsp3) is 0.529. The second-order valence-corrected chi connectivity index (χ2v) is 5.93. The van der Waals surface area contributed by atoms with Crippen LogP contribution >= 0.6 is 0 Å². The molecular formula is C17H23N3O. The van der Waals surface area contributed by atoms with E-state index in [1.807, 2.05) is 19.1 Å². The average molecular weight is 285 g/mol. The summed E-state index contributed by atoms with van der Waals surface area (Å²) in [6, 6.07) is 6.64. The van der Waals surface area contributed by atoms with Crippen molar-refractivity contribution < 1.29 is 4.79 Å². The Morgan fingerprint density at radius 2 is 2.10 bits per heavy atom. The molecule has 1 aromatic carbocycles. The Morgan fingerprint density at radius 1 is 1.33 bits per heavy atom. The lowest BCUT2D eigenvalue weighted by molar-refractivity contribution is -0.115. The van der Waals surface area contributed by atoms with E-state index in [1.54, 1.807) is 0 Å². The molecule has 0 radical (unpaired) electrons. The van der Waals surface area contributed by atoms with Crippen LogP contribution in [0.1, 0.15) is 57.3 Å². The van der Waals surface area contributed by atoms with E-state index in [0.717, 1.165) is 17.0 Å². The minimum atomic E-state index is 0.0396. The van der Waals surface area contributed by atoms with Gasteiger partial charge in [0.05, 0.1) is 11.0 Å². The van der Waals surface area contributed by atoms with Crippen molar-refractivity contribution in [2.45, 2.75) is 58.4 Å². The summed E-state index contributed by atoms with van der Waals surface area (Å²) in [6.45, 7) is 3.94. The highest BCUT2D eigenvalue weighted by atomic mass is 16.1. The van der Waals surface area contributed by atoms with Gasteiger partial charge in [-0.25, -0.2) is 4.98 Å². The van der Waals surface area contributed by atoms with Crippen LogP contribution < -0.4 is 5.32 Å². The van der Waals surface area contributed by atoms with Crippen molar-refractivity contribution in [2.24, 2.45) is 0 Å². The summed E-state index contributed by atoms with van der Waals surface area (Å²) in [5.74, 6) is 1.12. The maximum absolute atomic E-state index is 11.5. The molecule has 1 aliphatic rings. The van der Waals surface area contributed by atoms with Gasteiger partial charge >= 0.3 is 0 Å². The number of anilines is 1. The molecule has 0 bridgehead atoms. The highest BCUT2D eigenvalue weighted by molar-refractivity contribution is 5.93. The van der Waals surface area contributed by atoms with Crippen LogP contribution in [-0.4, -0.2) is 15.5 Å². The summed E-state index contributed by atoms with van der Waals surface area (Å²) in [7, 11) is 0. The molecule has 1 aliphatic carbocycles. The van der Waals surface area contributed by atoms with Crippen LogP contribution in [-0.2, 0) is 4.79 Å². The number of nitrogens with zero attached hydrogens (tertiary/aromatic N) is 2. The maximum atomic E-state index is 11.5. The topological polar surface area (TPSA) is 46.9 Å². The van der Waals surface area contributed by atoms with Gasteiger partial charge in [-0.3, -0.25) is 4.79 Å². The molecule has 0 atom stereocenters. The fourth-order valence-electron chi connectivity index (χ4n) is 3.35. The number of fused-ring (bicyclic) bond motifs is 1. The van der Waals surface area contributed by atoms with Crippen molar-refractivity contribution in [1.29, 1.82) is 0 Å². The maximum Gasteiger partial charge on any atom is 0.224 e. The number of carbonyl (C=O) groups is 1. The predicted octanol–water partition coefficient (Wildman–Crippen LogP) is 4.20. The molecular weight excluding hydrogens is 262 g/mol. The van der Waals surface area contributed by atoms with Crippen molar-refractivity contribution in [3.05, 3.63) is 24.0 Å². The van der Waals surface area contributed by atoms with Gasteiger partial charge in [0, 0.05) is 18.2 Å². The first-order valence-electron chi connectivity index (χ1n) is 7.97. The quantitative estimate of drug-likeness (QED) is 0.918. The number of imidazole rings is 1. The fourth-order valence-corrected chi connectivity index (χ4v) is 3.35. The van der Waals surface area contributed by atoms with Gasteiger partial charge in [0.25, 0.3) is 0 Å². The standard InChI is InChI=1S/C17H23N3O/c1-3-17(21)19-13-9-10-16-15(11-13)18-12(2)20(16)14-7-5-4-6-8-14/h9-11,14H,3-8H2,1-2H3,(H,19,21). The molecule has 2 aromatic rings. The Hall–Kier alpha value is -1.84. The third kappa shape index (κ3) is 2.80. The molecule has 0 aliphatic heterocycles. The zero-order valence-corrected chi connectivity index (χ0v) is 12.9.